The molecule has 0 amide bonds. The van der Waals surface area contributed by atoms with E-state index in [-0.39, 0.29) is 50.5 Å². The molecule has 0 spiro atoms. The Hall–Kier alpha value is -3.28. The van der Waals surface area contributed by atoms with Gasteiger partial charge in [0.15, 0.2) is 17.9 Å². The molecule has 0 aromatic heterocycles. The highest BCUT2D eigenvalue weighted by Crippen LogP contribution is 2.38. The van der Waals surface area contributed by atoms with Gasteiger partial charge in [-0.25, -0.2) is 0 Å². The van der Waals surface area contributed by atoms with Crippen LogP contribution in [0.2, 0.25) is 0 Å². The van der Waals surface area contributed by atoms with E-state index in [4.69, 9.17) is 24.7 Å². The van der Waals surface area contributed by atoms with E-state index in [1.165, 1.54) is 13.0 Å². The Bertz CT molecular complexity index is 1680. The zero-order chi connectivity index (χ0) is 49.1. The maximum absolute atomic E-state index is 12.6. The topological polar surface area (TPSA) is 320 Å². The summed E-state index contributed by atoms with van der Waals surface area (Å²) in [4.78, 5) is 25.1. The summed E-state index contributed by atoms with van der Waals surface area (Å²) in [6, 6.07) is -1.15. The van der Waals surface area contributed by atoms with Crippen LogP contribution in [0.1, 0.15) is 79.1 Å². The number of aliphatic carboxylic acids is 1. The molecule has 3 rings (SSSR count). The zero-order valence-corrected chi connectivity index (χ0v) is 38.3. The van der Waals surface area contributed by atoms with Gasteiger partial charge in [-0.2, -0.15) is 0 Å². The highest BCUT2D eigenvalue weighted by atomic mass is 16.7. The first-order valence-electron chi connectivity index (χ1n) is 22.8. The van der Waals surface area contributed by atoms with E-state index in [2.05, 4.69) is 0 Å². The van der Waals surface area contributed by atoms with Crippen LogP contribution in [0.4, 0.5) is 0 Å². The minimum Gasteiger partial charge on any atom is -0.481 e. The summed E-state index contributed by atoms with van der Waals surface area (Å²) >= 11 is 0. The Kier molecular flexibility index (Phi) is 24.4. The van der Waals surface area contributed by atoms with Gasteiger partial charge in [0.1, 0.15) is 18.6 Å². The van der Waals surface area contributed by atoms with Gasteiger partial charge < -0.3 is 80.9 Å². The van der Waals surface area contributed by atoms with E-state index in [0.717, 1.165) is 0 Å². The Morgan fingerprint density at radius 2 is 1.24 bits per heavy atom. The molecule has 3 aliphatic rings. The average molecular weight is 938 g/mol. The molecule has 0 aromatic rings. The molecule has 13 N–H and O–H groups in total. The molecule has 18 nitrogen and oxygen atoms in total. The van der Waals surface area contributed by atoms with Crippen molar-refractivity contribution in [1.29, 1.82) is 0 Å². The molecule has 18 heteroatoms. The summed E-state index contributed by atoms with van der Waals surface area (Å²) < 4.78 is 23.4. The normalized spacial score (nSPS) is 45.3. The van der Waals surface area contributed by atoms with Crippen LogP contribution in [0, 0.1) is 17.8 Å². The number of ketones is 1. The van der Waals surface area contributed by atoms with Gasteiger partial charge in [0.05, 0.1) is 79.3 Å². The second-order valence-corrected chi connectivity index (χ2v) is 17.9. The van der Waals surface area contributed by atoms with Crippen molar-refractivity contribution in [1.82, 2.24) is 0 Å². The summed E-state index contributed by atoms with van der Waals surface area (Å²) in [7, 11) is 0. The number of ether oxygens (including phenoxy) is 4. The van der Waals surface area contributed by atoms with Gasteiger partial charge >= 0.3 is 5.97 Å². The van der Waals surface area contributed by atoms with E-state index < -0.39 is 134 Å². The number of aliphatic hydroxyl groups excluding tert-OH is 9. The highest BCUT2D eigenvalue weighted by Gasteiger charge is 2.51. The van der Waals surface area contributed by atoms with Crippen molar-refractivity contribution in [2.45, 2.75) is 177 Å². The molecule has 2 fully saturated rings. The maximum Gasteiger partial charge on any atom is 0.311 e. The molecule has 19 atom stereocenters. The van der Waals surface area contributed by atoms with Gasteiger partial charge in [0.2, 0.25) is 0 Å². The van der Waals surface area contributed by atoms with Crippen molar-refractivity contribution >= 4 is 11.8 Å². The van der Waals surface area contributed by atoms with Crippen LogP contribution in [0.25, 0.3) is 0 Å². The van der Waals surface area contributed by atoms with E-state index in [0.29, 0.717) is 0 Å². The van der Waals surface area contributed by atoms with Crippen molar-refractivity contribution in [3.05, 3.63) is 85.1 Å². The SMILES string of the molecule is C[C@@H]1[C@H](O)[C@@H](C)/C=C/C=C/C=C/C=C/C=C/C=C/C=C/[C@H](O[C@@H]2O[C@H](C)[C@@H](O)[C@H](N)[C@@H]2O)C[C@@H]2O[C@](O)(C[C@@H](O)C[C@@H](O)[C@H](O)CC[C@@H](O)C[C@@H](O)CC(=O)CO[C@H]1C)C[C@H](O)[C@H]2C(=O)O. The van der Waals surface area contributed by atoms with Crippen molar-refractivity contribution in [3.63, 3.8) is 0 Å². The van der Waals surface area contributed by atoms with Crippen molar-refractivity contribution in [3.8, 4) is 0 Å². The standard InChI is InChI=1S/C48H75NO17/c1-28-17-15-13-11-9-7-5-6-8-10-12-14-16-18-36(65-47-45(59)42(49)44(58)31(4)64-47)24-40-41(46(60)61)39(56)26-48(62,66-40)25-34(52)23-38(55)37(54)20-19-32(50)21-33(51)22-35(53)27-63-30(3)29(2)43(28)57/h5-18,28-34,36-45,47,50-52,54-59,62H,19-27,49H2,1-4H3,(H,60,61)/b6-5+,9-7+,10-8+,13-11+,14-12+,17-15+,18-16+/t28-,29-,30-,31+,32+,33+,34-,36-,37+,38+,39-,40-,41+,42-,43+,44+,45-,47-,48+/m0/s1. The molecule has 2 saturated heterocycles. The number of carboxylic acid groups (broad SMARTS) is 1. The number of allylic oxidation sites excluding steroid dienone is 12. The lowest BCUT2D eigenvalue weighted by atomic mass is 9.82. The molecule has 3 aliphatic heterocycles. The van der Waals surface area contributed by atoms with Crippen LogP contribution in [-0.2, 0) is 28.5 Å². The molecule has 374 valence electrons. The molecular weight excluding hydrogens is 863 g/mol. The molecule has 0 unspecified atom stereocenters. The van der Waals surface area contributed by atoms with Crippen LogP contribution in [0.15, 0.2) is 85.1 Å². The number of carbonyl (C=O) groups excluding carboxylic acids is 1. The van der Waals surface area contributed by atoms with Crippen LogP contribution >= 0.6 is 0 Å². The van der Waals surface area contributed by atoms with Crippen LogP contribution in [0.3, 0.4) is 0 Å². The van der Waals surface area contributed by atoms with Gasteiger partial charge in [-0.05, 0) is 33.1 Å². The number of hydrogen-bond donors (Lipinski definition) is 12. The second-order valence-electron chi connectivity index (χ2n) is 17.9. The molecule has 3 heterocycles. The third-order valence-electron chi connectivity index (χ3n) is 12.3. The summed E-state index contributed by atoms with van der Waals surface area (Å²) in [5, 5.41) is 118. The van der Waals surface area contributed by atoms with E-state index in [1.54, 1.807) is 49.5 Å². The lowest BCUT2D eigenvalue weighted by Gasteiger charge is -2.45. The Morgan fingerprint density at radius 3 is 1.83 bits per heavy atom. The number of carboxylic acids is 1. The number of hydrogen-bond acceptors (Lipinski definition) is 17. The lowest BCUT2D eigenvalue weighted by Crippen LogP contribution is -2.61. The Morgan fingerprint density at radius 1 is 0.667 bits per heavy atom. The van der Waals surface area contributed by atoms with Crippen molar-refractivity contribution < 1.29 is 84.7 Å². The van der Waals surface area contributed by atoms with Crippen molar-refractivity contribution in [2.24, 2.45) is 23.5 Å². The summed E-state index contributed by atoms with van der Waals surface area (Å²) in [6.07, 6.45) is 4.22. The Balaban J connectivity index is 1.85. The van der Waals surface area contributed by atoms with Crippen LogP contribution in [0.5, 0.6) is 0 Å². The fraction of sp³-hybridized carbons (Fsp3) is 0.667. The number of carbonyl (C=O) groups is 2. The van der Waals surface area contributed by atoms with Gasteiger partial charge in [-0.15, -0.1) is 0 Å². The predicted octanol–water partition coefficient (Wildman–Crippen LogP) is 0.754. The number of rotatable bonds is 3. The van der Waals surface area contributed by atoms with Gasteiger partial charge in [0.25, 0.3) is 0 Å². The largest absolute Gasteiger partial charge is 0.481 e. The van der Waals surface area contributed by atoms with E-state index >= 15 is 0 Å². The molecular formula is C48H75NO17. The van der Waals surface area contributed by atoms with Gasteiger partial charge in [-0.1, -0.05) is 98.9 Å². The number of aliphatic hydroxyl groups is 10. The quantitative estimate of drug-likeness (QED) is 0.186. The summed E-state index contributed by atoms with van der Waals surface area (Å²) in [5.74, 6) is -6.33. The lowest BCUT2D eigenvalue weighted by molar-refractivity contribution is -0.308. The zero-order valence-electron chi connectivity index (χ0n) is 38.3. The fourth-order valence-electron chi connectivity index (χ4n) is 8.11. The predicted molar refractivity (Wildman–Crippen MR) is 242 cm³/mol. The van der Waals surface area contributed by atoms with Gasteiger partial charge in [0, 0.05) is 43.9 Å². The van der Waals surface area contributed by atoms with Gasteiger partial charge in [-0.3, -0.25) is 9.59 Å². The fourth-order valence-corrected chi connectivity index (χ4v) is 8.11. The first kappa shape index (κ1) is 57.0. The number of nitrogens with two attached hydrogens (primary N) is 1. The molecule has 0 saturated carbocycles. The third-order valence-corrected chi connectivity index (χ3v) is 12.3. The van der Waals surface area contributed by atoms with E-state index in [9.17, 15) is 65.8 Å². The summed E-state index contributed by atoms with van der Waals surface area (Å²) in [5.41, 5.74) is 6.02. The minimum atomic E-state index is -2.32. The second kappa shape index (κ2) is 28.3. The number of fused-ring (bicyclic) bond motifs is 2. The maximum atomic E-state index is 12.6. The highest BCUT2D eigenvalue weighted by molar-refractivity contribution is 5.80. The number of Topliss-reactive ketones (excluding diaryl/α,β-unsaturated/α-hetero) is 1. The molecule has 0 aromatic carbocycles. The Labute approximate surface area is 387 Å². The smallest absolute Gasteiger partial charge is 0.311 e. The third kappa shape index (κ3) is 19.0. The van der Waals surface area contributed by atoms with E-state index in [1.807, 2.05) is 50.3 Å². The summed E-state index contributed by atoms with van der Waals surface area (Å²) in [6.45, 7) is 6.64. The average Bonchev–Trinajstić information content (AvgIpc) is 3.23. The van der Waals surface area contributed by atoms with Crippen LogP contribution < -0.4 is 5.73 Å². The molecule has 0 aliphatic carbocycles. The first-order valence-corrected chi connectivity index (χ1v) is 22.8. The molecule has 66 heavy (non-hydrogen) atoms. The molecule has 0 radical (unpaired) electrons. The monoisotopic (exact) mass is 938 g/mol. The first-order chi connectivity index (χ1) is 31.1. The van der Waals surface area contributed by atoms with Crippen LogP contribution in [-0.4, -0.2) is 172 Å². The minimum absolute atomic E-state index is 0.0884. The van der Waals surface area contributed by atoms with Crippen molar-refractivity contribution in [2.75, 3.05) is 6.61 Å². The molecule has 2 bridgehead atoms.